The first kappa shape index (κ1) is 12.9. The Labute approximate surface area is 120 Å². The number of nitrogens with zero attached hydrogens (tertiary/aromatic N) is 2. The fourth-order valence-electron chi connectivity index (χ4n) is 5.23. The summed E-state index contributed by atoms with van der Waals surface area (Å²) in [6.45, 7) is 6.50. The lowest BCUT2D eigenvalue weighted by Crippen LogP contribution is -2.44. The molecule has 112 valence electrons. The van der Waals surface area contributed by atoms with Crippen LogP contribution in [0.5, 0.6) is 0 Å². The van der Waals surface area contributed by atoms with Gasteiger partial charge >= 0.3 is 6.09 Å². The van der Waals surface area contributed by atoms with E-state index in [9.17, 15) is 4.79 Å². The van der Waals surface area contributed by atoms with Gasteiger partial charge in [-0.2, -0.15) is 0 Å². The van der Waals surface area contributed by atoms with Crippen LogP contribution in [-0.2, 0) is 4.74 Å². The van der Waals surface area contributed by atoms with Crippen LogP contribution in [0.1, 0.15) is 26.2 Å². The summed E-state index contributed by atoms with van der Waals surface area (Å²) in [5.41, 5.74) is 0. The van der Waals surface area contributed by atoms with Crippen LogP contribution in [0.3, 0.4) is 0 Å². The zero-order chi connectivity index (χ0) is 13.7. The number of nitrogens with one attached hydrogen (secondary N) is 1. The van der Waals surface area contributed by atoms with Crippen LogP contribution in [0.2, 0.25) is 0 Å². The standard InChI is InChI=1S/C15H25N3O2/c1-2-20-15(19)17-6-5-10(9-17)18-13-3-4-14(18)12-8-16-7-11(12)13/h10-14,16H,2-9H2,1H3/t10?,11-,12+,13-,14+. The molecule has 4 aliphatic rings. The fraction of sp³-hybridized carbons (Fsp3) is 0.933. The van der Waals surface area contributed by atoms with E-state index in [1.807, 2.05) is 11.8 Å². The number of likely N-dealkylation sites (tertiary alicyclic amines) is 1. The highest BCUT2D eigenvalue weighted by Crippen LogP contribution is 2.49. The Balaban J connectivity index is 1.44. The van der Waals surface area contributed by atoms with E-state index < -0.39 is 0 Å². The molecule has 0 radical (unpaired) electrons. The van der Waals surface area contributed by atoms with Crippen LogP contribution in [0.25, 0.3) is 0 Å². The third kappa shape index (κ3) is 1.79. The van der Waals surface area contributed by atoms with Gasteiger partial charge in [0.25, 0.3) is 0 Å². The monoisotopic (exact) mass is 279 g/mol. The van der Waals surface area contributed by atoms with Gasteiger partial charge in [0.2, 0.25) is 0 Å². The summed E-state index contributed by atoms with van der Waals surface area (Å²) in [6.07, 6.45) is 3.73. The van der Waals surface area contributed by atoms with E-state index in [1.165, 1.54) is 25.9 Å². The Hall–Kier alpha value is -0.810. The van der Waals surface area contributed by atoms with Gasteiger partial charge in [-0.05, 0) is 51.1 Å². The number of carbonyl (C=O) groups excluding carboxylic acids is 1. The number of amides is 1. The third-order valence-corrected chi connectivity index (χ3v) is 5.93. The SMILES string of the molecule is CCOC(=O)N1CCC(N2[C@@H]3CC[C@H]2[C@H]2CNC[C@H]23)C1. The number of hydrogen-bond acceptors (Lipinski definition) is 4. The summed E-state index contributed by atoms with van der Waals surface area (Å²) in [4.78, 5) is 16.5. The molecule has 1 N–H and O–H groups in total. The summed E-state index contributed by atoms with van der Waals surface area (Å²) < 4.78 is 5.14. The largest absolute Gasteiger partial charge is 0.450 e. The first-order chi connectivity index (χ1) is 9.79. The molecular weight excluding hydrogens is 254 g/mol. The highest BCUT2D eigenvalue weighted by molar-refractivity contribution is 5.68. The maximum Gasteiger partial charge on any atom is 0.409 e. The molecule has 20 heavy (non-hydrogen) atoms. The lowest BCUT2D eigenvalue weighted by atomic mass is 9.82. The highest BCUT2D eigenvalue weighted by Gasteiger charge is 2.56. The molecule has 1 amide bonds. The molecule has 2 bridgehead atoms. The molecule has 4 saturated heterocycles. The fourth-order valence-corrected chi connectivity index (χ4v) is 5.23. The van der Waals surface area contributed by atoms with Crippen LogP contribution in [0.4, 0.5) is 4.79 Å². The Kier molecular flexibility index (Phi) is 3.15. The molecule has 0 spiro atoms. The zero-order valence-corrected chi connectivity index (χ0v) is 12.3. The number of hydrogen-bond donors (Lipinski definition) is 1. The van der Waals surface area contributed by atoms with Crippen molar-refractivity contribution in [2.24, 2.45) is 11.8 Å². The lowest BCUT2D eigenvalue weighted by molar-refractivity contribution is 0.107. The molecule has 5 heteroatoms. The molecular formula is C15H25N3O2. The molecule has 5 nitrogen and oxygen atoms in total. The van der Waals surface area contributed by atoms with Gasteiger partial charge in [0.15, 0.2) is 0 Å². The van der Waals surface area contributed by atoms with Crippen molar-refractivity contribution in [1.82, 2.24) is 15.1 Å². The van der Waals surface area contributed by atoms with Crippen LogP contribution in [-0.4, -0.2) is 66.8 Å². The van der Waals surface area contributed by atoms with E-state index >= 15 is 0 Å². The minimum Gasteiger partial charge on any atom is -0.450 e. The molecule has 0 aliphatic carbocycles. The van der Waals surface area contributed by atoms with Gasteiger partial charge in [-0.25, -0.2) is 4.79 Å². The van der Waals surface area contributed by atoms with E-state index in [0.717, 1.165) is 43.4 Å². The number of rotatable bonds is 2. The first-order valence-corrected chi connectivity index (χ1v) is 8.19. The van der Waals surface area contributed by atoms with Crippen molar-refractivity contribution in [2.45, 2.75) is 44.3 Å². The van der Waals surface area contributed by atoms with Crippen LogP contribution >= 0.6 is 0 Å². The number of fused-ring (bicyclic) bond motifs is 5. The molecule has 0 saturated carbocycles. The van der Waals surface area contributed by atoms with Gasteiger partial charge in [-0.3, -0.25) is 4.90 Å². The molecule has 5 atom stereocenters. The van der Waals surface area contributed by atoms with Crippen LogP contribution in [0.15, 0.2) is 0 Å². The normalized spacial score (nSPS) is 43.2. The molecule has 4 heterocycles. The second-order valence-electron chi connectivity index (χ2n) is 6.73. The predicted molar refractivity (Wildman–Crippen MR) is 75.5 cm³/mol. The molecule has 4 aliphatic heterocycles. The maximum absolute atomic E-state index is 11.9. The van der Waals surface area contributed by atoms with Crippen molar-refractivity contribution in [3.63, 3.8) is 0 Å². The Bertz CT molecular complexity index is 385. The lowest BCUT2D eigenvalue weighted by Gasteiger charge is -2.30. The summed E-state index contributed by atoms with van der Waals surface area (Å²) >= 11 is 0. The Morgan fingerprint density at radius 2 is 1.90 bits per heavy atom. The van der Waals surface area contributed by atoms with Crippen molar-refractivity contribution < 1.29 is 9.53 Å². The summed E-state index contributed by atoms with van der Waals surface area (Å²) in [6, 6.07) is 2.11. The summed E-state index contributed by atoms with van der Waals surface area (Å²) in [5.74, 6) is 1.73. The summed E-state index contributed by atoms with van der Waals surface area (Å²) in [7, 11) is 0. The highest BCUT2D eigenvalue weighted by atomic mass is 16.6. The van der Waals surface area contributed by atoms with E-state index in [1.54, 1.807) is 0 Å². The van der Waals surface area contributed by atoms with Crippen molar-refractivity contribution in [3.05, 3.63) is 0 Å². The molecule has 0 aromatic rings. The van der Waals surface area contributed by atoms with E-state index in [-0.39, 0.29) is 6.09 Å². The van der Waals surface area contributed by atoms with Crippen molar-refractivity contribution >= 4 is 6.09 Å². The Morgan fingerprint density at radius 3 is 2.55 bits per heavy atom. The smallest absolute Gasteiger partial charge is 0.409 e. The number of ether oxygens (including phenoxy) is 1. The van der Waals surface area contributed by atoms with Gasteiger partial charge in [0.05, 0.1) is 6.61 Å². The Morgan fingerprint density at radius 1 is 1.20 bits per heavy atom. The van der Waals surface area contributed by atoms with E-state index in [2.05, 4.69) is 10.2 Å². The third-order valence-electron chi connectivity index (χ3n) is 5.93. The van der Waals surface area contributed by atoms with Gasteiger partial charge in [0, 0.05) is 31.2 Å². The maximum atomic E-state index is 11.9. The molecule has 0 aromatic carbocycles. The molecule has 4 rings (SSSR count). The van der Waals surface area contributed by atoms with Crippen LogP contribution in [0, 0.1) is 11.8 Å². The van der Waals surface area contributed by atoms with Gasteiger partial charge in [0.1, 0.15) is 0 Å². The molecule has 1 unspecified atom stereocenters. The topological polar surface area (TPSA) is 44.8 Å². The van der Waals surface area contributed by atoms with Gasteiger partial charge in [-0.1, -0.05) is 0 Å². The minimum absolute atomic E-state index is 0.122. The quantitative estimate of drug-likeness (QED) is 0.816. The summed E-state index contributed by atoms with van der Waals surface area (Å²) in [5, 5.41) is 3.57. The second kappa shape index (κ2) is 4.88. The van der Waals surface area contributed by atoms with Crippen molar-refractivity contribution in [1.29, 1.82) is 0 Å². The average Bonchev–Trinajstić information content (AvgIpc) is 3.19. The number of carbonyl (C=O) groups is 1. The minimum atomic E-state index is -0.122. The zero-order valence-electron chi connectivity index (χ0n) is 12.3. The van der Waals surface area contributed by atoms with Crippen LogP contribution < -0.4 is 5.32 Å². The van der Waals surface area contributed by atoms with Crippen molar-refractivity contribution in [3.8, 4) is 0 Å². The van der Waals surface area contributed by atoms with E-state index in [4.69, 9.17) is 4.74 Å². The molecule has 0 aromatic heterocycles. The average molecular weight is 279 g/mol. The van der Waals surface area contributed by atoms with E-state index in [0.29, 0.717) is 12.6 Å². The van der Waals surface area contributed by atoms with Gasteiger partial charge in [-0.15, -0.1) is 0 Å². The van der Waals surface area contributed by atoms with Crippen molar-refractivity contribution in [2.75, 3.05) is 32.8 Å². The second-order valence-corrected chi connectivity index (χ2v) is 6.73. The predicted octanol–water partition coefficient (Wildman–Crippen LogP) is 0.899. The first-order valence-electron chi connectivity index (χ1n) is 8.19. The van der Waals surface area contributed by atoms with Gasteiger partial charge < -0.3 is 15.0 Å². The molecule has 4 fully saturated rings.